The Morgan fingerprint density at radius 2 is 1.77 bits per heavy atom. The van der Waals surface area contributed by atoms with Crippen LogP contribution < -0.4 is 10.1 Å². The van der Waals surface area contributed by atoms with Crippen molar-refractivity contribution in [3.8, 4) is 5.75 Å². The molecule has 0 unspecified atom stereocenters. The second-order valence-corrected chi connectivity index (χ2v) is 5.49. The lowest BCUT2D eigenvalue weighted by Crippen LogP contribution is -2.22. The maximum absolute atomic E-state index is 9.10. The smallest absolute Gasteiger partial charge is 0.414 e. The van der Waals surface area contributed by atoms with Crippen LogP contribution in [0.25, 0.3) is 0 Å². The molecule has 1 aromatic rings. The van der Waals surface area contributed by atoms with Crippen molar-refractivity contribution in [2.45, 2.75) is 13.3 Å². The normalized spacial score (nSPS) is 9.96. The second kappa shape index (κ2) is 15.4. The van der Waals surface area contributed by atoms with Gasteiger partial charge in [-0.15, -0.1) is 0 Å². The lowest BCUT2D eigenvalue weighted by molar-refractivity contribution is -0.159. The van der Waals surface area contributed by atoms with E-state index in [9.17, 15) is 0 Å². The van der Waals surface area contributed by atoms with Crippen molar-refractivity contribution in [2.75, 3.05) is 46.6 Å². The Labute approximate surface area is 158 Å². The van der Waals surface area contributed by atoms with Gasteiger partial charge in [0.25, 0.3) is 0 Å². The van der Waals surface area contributed by atoms with Gasteiger partial charge in [0, 0.05) is 25.3 Å². The summed E-state index contributed by atoms with van der Waals surface area (Å²) in [5, 5.41) is 18.8. The highest BCUT2D eigenvalue weighted by molar-refractivity contribution is 6.31. The molecule has 8 nitrogen and oxygen atoms in total. The molecular weight excluding hydrogens is 366 g/mol. The number of halogens is 1. The van der Waals surface area contributed by atoms with Crippen LogP contribution in [-0.2, 0) is 19.1 Å². The summed E-state index contributed by atoms with van der Waals surface area (Å²) < 4.78 is 16.0. The highest BCUT2D eigenvalue weighted by Gasteiger charge is 2.04. The number of carboxylic acid groups (broad SMARTS) is 2. The van der Waals surface area contributed by atoms with Gasteiger partial charge in [-0.05, 0) is 43.7 Å². The molecule has 0 fully saturated rings. The average molecular weight is 392 g/mol. The predicted molar refractivity (Wildman–Crippen MR) is 97.1 cm³/mol. The number of benzene rings is 1. The molecule has 0 radical (unpaired) electrons. The highest BCUT2D eigenvalue weighted by Crippen LogP contribution is 2.20. The molecule has 0 bridgehead atoms. The standard InChI is InChI=1S/C15H24ClNO3.C2H2O4/c1-13-12-14(4-5-15(13)16)20-11-10-19-9-7-17-6-3-8-18-2;3-1(4)2(5)6/h4-5,12,17H,3,6-11H2,1-2H3;(H,3,4)(H,5,6). The van der Waals surface area contributed by atoms with Gasteiger partial charge in [0.15, 0.2) is 0 Å². The Morgan fingerprint density at radius 3 is 2.35 bits per heavy atom. The summed E-state index contributed by atoms with van der Waals surface area (Å²) in [6.45, 7) is 6.38. The minimum absolute atomic E-state index is 0.546. The number of ether oxygens (including phenoxy) is 3. The SMILES string of the molecule is COCCCNCCOCCOc1ccc(Cl)c(C)c1.O=C(O)C(=O)O. The van der Waals surface area contributed by atoms with Crippen LogP contribution in [0.1, 0.15) is 12.0 Å². The maximum Gasteiger partial charge on any atom is 0.414 e. The number of aryl methyl sites for hydroxylation is 1. The zero-order chi connectivity index (χ0) is 19.8. The fraction of sp³-hybridized carbons (Fsp3) is 0.529. The number of aliphatic carboxylic acids is 2. The zero-order valence-corrected chi connectivity index (χ0v) is 15.8. The van der Waals surface area contributed by atoms with Crippen molar-refractivity contribution in [3.05, 3.63) is 28.8 Å². The van der Waals surface area contributed by atoms with Gasteiger partial charge in [-0.2, -0.15) is 0 Å². The van der Waals surface area contributed by atoms with Crippen molar-refractivity contribution >= 4 is 23.5 Å². The topological polar surface area (TPSA) is 114 Å². The first kappa shape index (κ1) is 24.1. The number of rotatable bonds is 11. The highest BCUT2D eigenvalue weighted by atomic mass is 35.5. The molecule has 0 aliphatic rings. The van der Waals surface area contributed by atoms with Gasteiger partial charge in [0.2, 0.25) is 0 Å². The molecule has 26 heavy (non-hydrogen) atoms. The molecule has 0 amide bonds. The molecule has 1 rings (SSSR count). The molecule has 3 N–H and O–H groups in total. The Kier molecular flexibility index (Phi) is 14.3. The van der Waals surface area contributed by atoms with E-state index in [4.69, 9.17) is 45.6 Å². The van der Waals surface area contributed by atoms with Crippen LogP contribution in [-0.4, -0.2) is 68.8 Å². The molecule has 0 atom stereocenters. The zero-order valence-electron chi connectivity index (χ0n) is 15.0. The quantitative estimate of drug-likeness (QED) is 0.386. The van der Waals surface area contributed by atoms with Crippen molar-refractivity contribution in [2.24, 2.45) is 0 Å². The van der Waals surface area contributed by atoms with Crippen molar-refractivity contribution in [1.82, 2.24) is 5.32 Å². The van der Waals surface area contributed by atoms with Crippen LogP contribution in [0.5, 0.6) is 5.75 Å². The minimum Gasteiger partial charge on any atom is -0.491 e. The van der Waals surface area contributed by atoms with E-state index in [1.807, 2.05) is 25.1 Å². The fourth-order valence-electron chi connectivity index (χ4n) is 1.64. The molecular formula is C17H26ClNO7. The lowest BCUT2D eigenvalue weighted by atomic mass is 10.2. The molecule has 0 spiro atoms. The molecule has 0 aliphatic carbocycles. The summed E-state index contributed by atoms with van der Waals surface area (Å²) in [6.07, 6.45) is 1.02. The molecule has 0 aliphatic heterocycles. The van der Waals surface area contributed by atoms with Crippen LogP contribution in [0, 0.1) is 6.92 Å². The number of methoxy groups -OCH3 is 1. The predicted octanol–water partition coefficient (Wildman–Crippen LogP) is 1.83. The third-order valence-electron chi connectivity index (χ3n) is 2.93. The number of carboxylic acids is 2. The van der Waals surface area contributed by atoms with Gasteiger partial charge < -0.3 is 29.7 Å². The monoisotopic (exact) mass is 391 g/mol. The van der Waals surface area contributed by atoms with E-state index < -0.39 is 11.9 Å². The molecule has 0 heterocycles. The van der Waals surface area contributed by atoms with E-state index in [0.29, 0.717) is 19.8 Å². The Bertz CT molecular complexity index is 528. The fourth-order valence-corrected chi connectivity index (χ4v) is 1.76. The van der Waals surface area contributed by atoms with E-state index in [1.54, 1.807) is 7.11 Å². The minimum atomic E-state index is -1.82. The van der Waals surface area contributed by atoms with Crippen molar-refractivity contribution < 1.29 is 34.0 Å². The Hall–Kier alpha value is -1.87. The van der Waals surface area contributed by atoms with E-state index in [-0.39, 0.29) is 0 Å². The van der Waals surface area contributed by atoms with Gasteiger partial charge in [0.05, 0.1) is 13.2 Å². The summed E-state index contributed by atoms with van der Waals surface area (Å²) >= 11 is 5.95. The van der Waals surface area contributed by atoms with Crippen LogP contribution >= 0.6 is 11.6 Å². The Morgan fingerprint density at radius 1 is 1.08 bits per heavy atom. The Balaban J connectivity index is 0.000000896. The van der Waals surface area contributed by atoms with Gasteiger partial charge in [-0.25, -0.2) is 9.59 Å². The first-order valence-corrected chi connectivity index (χ1v) is 8.38. The van der Waals surface area contributed by atoms with Crippen LogP contribution in [0.15, 0.2) is 18.2 Å². The van der Waals surface area contributed by atoms with E-state index in [2.05, 4.69) is 5.32 Å². The summed E-state index contributed by atoms with van der Waals surface area (Å²) in [7, 11) is 1.71. The summed E-state index contributed by atoms with van der Waals surface area (Å²) in [4.78, 5) is 18.2. The van der Waals surface area contributed by atoms with Crippen molar-refractivity contribution in [3.63, 3.8) is 0 Å². The molecule has 0 saturated carbocycles. The molecule has 0 aromatic heterocycles. The van der Waals surface area contributed by atoms with Gasteiger partial charge >= 0.3 is 11.9 Å². The average Bonchev–Trinajstić information content (AvgIpc) is 2.60. The number of hydrogen-bond acceptors (Lipinski definition) is 6. The maximum atomic E-state index is 9.10. The second-order valence-electron chi connectivity index (χ2n) is 5.08. The van der Waals surface area contributed by atoms with Gasteiger partial charge in [-0.1, -0.05) is 11.6 Å². The molecule has 148 valence electrons. The van der Waals surface area contributed by atoms with Crippen LogP contribution in [0.4, 0.5) is 0 Å². The number of carbonyl (C=O) groups is 2. The number of nitrogens with one attached hydrogen (secondary N) is 1. The van der Waals surface area contributed by atoms with E-state index >= 15 is 0 Å². The first-order valence-electron chi connectivity index (χ1n) is 8.01. The van der Waals surface area contributed by atoms with Crippen LogP contribution in [0.3, 0.4) is 0 Å². The third kappa shape index (κ3) is 13.4. The van der Waals surface area contributed by atoms with Crippen LogP contribution in [0.2, 0.25) is 5.02 Å². The molecule has 1 aromatic carbocycles. The van der Waals surface area contributed by atoms with E-state index in [0.717, 1.165) is 42.5 Å². The largest absolute Gasteiger partial charge is 0.491 e. The summed E-state index contributed by atoms with van der Waals surface area (Å²) in [5.41, 5.74) is 1.02. The van der Waals surface area contributed by atoms with Gasteiger partial charge in [0.1, 0.15) is 12.4 Å². The van der Waals surface area contributed by atoms with Gasteiger partial charge in [-0.3, -0.25) is 0 Å². The summed E-state index contributed by atoms with van der Waals surface area (Å²) in [5.74, 6) is -2.82. The lowest BCUT2D eigenvalue weighted by Gasteiger charge is -2.09. The molecule has 9 heteroatoms. The third-order valence-corrected chi connectivity index (χ3v) is 3.36. The first-order chi connectivity index (χ1) is 12.4. The van der Waals surface area contributed by atoms with E-state index in [1.165, 1.54) is 0 Å². The molecule has 0 saturated heterocycles. The van der Waals surface area contributed by atoms with Crippen molar-refractivity contribution in [1.29, 1.82) is 0 Å². The number of hydrogen-bond donors (Lipinski definition) is 3. The summed E-state index contributed by atoms with van der Waals surface area (Å²) in [6, 6.07) is 5.64.